The van der Waals surface area contributed by atoms with Crippen LogP contribution in [-0.4, -0.2) is 46.9 Å². The van der Waals surface area contributed by atoms with Crippen LogP contribution < -0.4 is 5.73 Å². The van der Waals surface area contributed by atoms with Gasteiger partial charge in [0, 0.05) is 25.2 Å². The minimum atomic E-state index is -0.384. The van der Waals surface area contributed by atoms with E-state index in [1.54, 1.807) is 0 Å². The topological polar surface area (TPSA) is 49.6 Å². The van der Waals surface area contributed by atoms with Gasteiger partial charge in [-0.05, 0) is 44.7 Å². The zero-order valence-corrected chi connectivity index (χ0v) is 13.4. The van der Waals surface area contributed by atoms with Gasteiger partial charge in [-0.15, -0.1) is 0 Å². The number of carbonyl (C=O) groups excluding carboxylic acids is 1. The van der Waals surface area contributed by atoms with Gasteiger partial charge < -0.3 is 10.6 Å². The zero-order chi connectivity index (χ0) is 15.5. The first-order valence-electron chi connectivity index (χ1n) is 8.49. The number of nitrogens with zero attached hydrogens (tertiary/aromatic N) is 2. The minimum absolute atomic E-state index is 0.133. The summed E-state index contributed by atoms with van der Waals surface area (Å²) >= 11 is 0. The van der Waals surface area contributed by atoms with Gasteiger partial charge in [-0.2, -0.15) is 0 Å². The van der Waals surface area contributed by atoms with Crippen molar-refractivity contribution >= 4 is 5.91 Å². The monoisotopic (exact) mass is 301 g/mol. The first-order chi connectivity index (χ1) is 10.6. The lowest BCUT2D eigenvalue weighted by Gasteiger charge is -2.40. The van der Waals surface area contributed by atoms with Crippen molar-refractivity contribution in [2.75, 3.05) is 13.1 Å². The average molecular weight is 301 g/mol. The van der Waals surface area contributed by atoms with Crippen molar-refractivity contribution in [1.82, 2.24) is 9.80 Å². The predicted octanol–water partition coefficient (Wildman–Crippen LogP) is 1.99. The van der Waals surface area contributed by atoms with E-state index in [0.717, 1.165) is 45.3 Å². The number of piperidine rings is 1. The molecular weight excluding hydrogens is 274 g/mol. The summed E-state index contributed by atoms with van der Waals surface area (Å²) in [5.41, 5.74) is 7.21. The molecule has 2 fully saturated rings. The lowest BCUT2D eigenvalue weighted by Crippen LogP contribution is -2.54. The van der Waals surface area contributed by atoms with E-state index in [1.807, 2.05) is 6.92 Å². The van der Waals surface area contributed by atoms with Gasteiger partial charge in [0.2, 0.25) is 5.91 Å². The second kappa shape index (κ2) is 6.80. The summed E-state index contributed by atoms with van der Waals surface area (Å²) in [6.45, 7) is 4.88. The van der Waals surface area contributed by atoms with Crippen molar-refractivity contribution < 1.29 is 4.79 Å². The highest BCUT2D eigenvalue weighted by Crippen LogP contribution is 2.32. The predicted molar refractivity (Wildman–Crippen MR) is 88.3 cm³/mol. The molecule has 1 unspecified atom stereocenters. The second-order valence-corrected chi connectivity index (χ2v) is 6.78. The third kappa shape index (κ3) is 3.68. The van der Waals surface area contributed by atoms with Gasteiger partial charge in [0.1, 0.15) is 0 Å². The zero-order valence-electron chi connectivity index (χ0n) is 13.4. The molecule has 0 bridgehead atoms. The minimum Gasteiger partial charge on any atom is -0.334 e. The van der Waals surface area contributed by atoms with Crippen molar-refractivity contribution in [3.8, 4) is 0 Å². The van der Waals surface area contributed by atoms with Gasteiger partial charge >= 0.3 is 0 Å². The molecule has 2 N–H and O–H groups in total. The molecule has 4 nitrogen and oxygen atoms in total. The third-order valence-corrected chi connectivity index (χ3v) is 4.71. The first kappa shape index (κ1) is 15.5. The lowest BCUT2D eigenvalue weighted by atomic mass is 10.0. The molecule has 1 aliphatic carbocycles. The van der Waals surface area contributed by atoms with Crippen LogP contribution in [0.15, 0.2) is 30.3 Å². The summed E-state index contributed by atoms with van der Waals surface area (Å²) in [5.74, 6) is 0.133. The van der Waals surface area contributed by atoms with Gasteiger partial charge in [-0.3, -0.25) is 9.69 Å². The highest BCUT2D eigenvalue weighted by Gasteiger charge is 2.39. The lowest BCUT2D eigenvalue weighted by molar-refractivity contribution is -0.136. The number of rotatable bonds is 5. The van der Waals surface area contributed by atoms with Crippen molar-refractivity contribution in [2.24, 2.45) is 5.73 Å². The van der Waals surface area contributed by atoms with Crippen molar-refractivity contribution in [3.63, 3.8) is 0 Å². The summed E-state index contributed by atoms with van der Waals surface area (Å²) in [6.07, 6.45) is 4.56. The fourth-order valence-electron chi connectivity index (χ4n) is 3.49. The van der Waals surface area contributed by atoms with Gasteiger partial charge in [0.05, 0.1) is 6.04 Å². The molecule has 1 heterocycles. The van der Waals surface area contributed by atoms with E-state index in [1.165, 1.54) is 5.56 Å². The number of amides is 1. The van der Waals surface area contributed by atoms with E-state index in [9.17, 15) is 4.79 Å². The molecule has 4 heteroatoms. The van der Waals surface area contributed by atoms with Crippen molar-refractivity contribution in [2.45, 2.75) is 57.3 Å². The number of carbonyl (C=O) groups is 1. The highest BCUT2D eigenvalue weighted by molar-refractivity contribution is 5.82. The molecule has 1 amide bonds. The second-order valence-electron chi connectivity index (χ2n) is 6.78. The summed E-state index contributed by atoms with van der Waals surface area (Å²) < 4.78 is 0. The van der Waals surface area contributed by atoms with Crippen LogP contribution in [0.1, 0.15) is 38.2 Å². The Kier molecular flexibility index (Phi) is 4.79. The van der Waals surface area contributed by atoms with Crippen LogP contribution in [0.5, 0.6) is 0 Å². The Balaban J connectivity index is 1.65. The molecule has 22 heavy (non-hydrogen) atoms. The summed E-state index contributed by atoms with van der Waals surface area (Å²) in [6, 6.07) is 11.0. The van der Waals surface area contributed by atoms with Crippen LogP contribution in [0.25, 0.3) is 0 Å². The van der Waals surface area contributed by atoms with E-state index < -0.39 is 0 Å². The number of likely N-dealkylation sites (tertiary alicyclic amines) is 1. The number of nitrogens with two attached hydrogens (primary N) is 1. The molecule has 1 aromatic carbocycles. The van der Waals surface area contributed by atoms with Gasteiger partial charge in [0.15, 0.2) is 0 Å². The Morgan fingerprint density at radius 1 is 1.27 bits per heavy atom. The quantitative estimate of drug-likeness (QED) is 0.905. The van der Waals surface area contributed by atoms with Crippen LogP contribution in [0, 0.1) is 0 Å². The van der Waals surface area contributed by atoms with E-state index in [-0.39, 0.29) is 11.9 Å². The van der Waals surface area contributed by atoms with Crippen LogP contribution in [0.4, 0.5) is 0 Å². The van der Waals surface area contributed by atoms with Gasteiger partial charge in [-0.25, -0.2) is 0 Å². The molecule has 1 aromatic rings. The molecule has 0 aromatic heterocycles. The van der Waals surface area contributed by atoms with E-state index in [4.69, 9.17) is 5.73 Å². The third-order valence-electron chi connectivity index (χ3n) is 4.71. The molecule has 120 valence electrons. The van der Waals surface area contributed by atoms with E-state index >= 15 is 0 Å². The molecule has 0 spiro atoms. The molecule has 2 aliphatic rings. The molecule has 1 aliphatic heterocycles. The van der Waals surface area contributed by atoms with Crippen LogP contribution >= 0.6 is 0 Å². The van der Waals surface area contributed by atoms with Gasteiger partial charge in [0.25, 0.3) is 0 Å². The highest BCUT2D eigenvalue weighted by atomic mass is 16.2. The fourth-order valence-corrected chi connectivity index (χ4v) is 3.49. The number of hydrogen-bond acceptors (Lipinski definition) is 3. The Labute approximate surface area is 133 Å². The van der Waals surface area contributed by atoms with E-state index in [0.29, 0.717) is 12.1 Å². The maximum Gasteiger partial charge on any atom is 0.239 e. The summed E-state index contributed by atoms with van der Waals surface area (Å²) in [4.78, 5) is 17.1. The maximum atomic E-state index is 12.5. The van der Waals surface area contributed by atoms with Crippen LogP contribution in [0.2, 0.25) is 0 Å². The molecule has 1 saturated carbocycles. The Bertz CT molecular complexity index is 498. The normalized spacial score (nSPS) is 24.0. The van der Waals surface area contributed by atoms with Gasteiger partial charge in [-0.1, -0.05) is 30.3 Å². The molecular formula is C18H27N3O. The fraction of sp³-hybridized carbons (Fsp3) is 0.611. The standard InChI is InChI=1S/C18H27N3O/c1-14(19)18(22)21(16-9-10-16)17-8-5-11-20(13-17)12-15-6-3-2-4-7-15/h2-4,6-7,14,16-17H,5,8-13,19H2,1H3/t14-,17?/m0/s1. The smallest absolute Gasteiger partial charge is 0.239 e. The Morgan fingerprint density at radius 2 is 2.00 bits per heavy atom. The SMILES string of the molecule is C[C@H](N)C(=O)N(C1CC1)C1CCCN(Cc2ccccc2)C1. The largest absolute Gasteiger partial charge is 0.334 e. The summed E-state index contributed by atoms with van der Waals surface area (Å²) in [5, 5.41) is 0. The van der Waals surface area contributed by atoms with E-state index in [2.05, 4.69) is 40.1 Å². The van der Waals surface area contributed by atoms with Crippen molar-refractivity contribution in [3.05, 3.63) is 35.9 Å². The molecule has 2 atom stereocenters. The molecule has 3 rings (SSSR count). The Morgan fingerprint density at radius 3 is 2.64 bits per heavy atom. The summed E-state index contributed by atoms with van der Waals surface area (Å²) in [7, 11) is 0. The first-order valence-corrected chi connectivity index (χ1v) is 8.49. The molecule has 0 radical (unpaired) electrons. The van der Waals surface area contributed by atoms with Crippen LogP contribution in [0.3, 0.4) is 0 Å². The maximum absolute atomic E-state index is 12.5. The number of hydrogen-bond donors (Lipinski definition) is 1. The van der Waals surface area contributed by atoms with Crippen LogP contribution in [-0.2, 0) is 11.3 Å². The Hall–Kier alpha value is -1.39. The number of benzene rings is 1. The van der Waals surface area contributed by atoms with Crippen molar-refractivity contribution in [1.29, 1.82) is 0 Å². The molecule has 1 saturated heterocycles. The average Bonchev–Trinajstić information content (AvgIpc) is 3.33.